The fourth-order valence-corrected chi connectivity index (χ4v) is 1.55. The number of ether oxygens (including phenoxy) is 1. The molecule has 2 atom stereocenters. The van der Waals surface area contributed by atoms with Crippen LogP contribution in [0.4, 0.5) is 13.2 Å². The molecule has 6 heteroatoms. The van der Waals surface area contributed by atoms with Gasteiger partial charge in [-0.15, -0.1) is 11.6 Å². The van der Waals surface area contributed by atoms with Crippen LogP contribution >= 0.6 is 11.6 Å². The zero-order chi connectivity index (χ0) is 10.3. The number of hydrogen-bond donors (Lipinski definition) is 0. The number of rotatable bonds is 2. The van der Waals surface area contributed by atoms with E-state index in [2.05, 4.69) is 4.74 Å². The molecule has 0 aliphatic heterocycles. The third-order valence-electron chi connectivity index (χ3n) is 2.01. The molecule has 0 spiro atoms. The summed E-state index contributed by atoms with van der Waals surface area (Å²) in [6.45, 7) is 0.880. The van der Waals surface area contributed by atoms with E-state index in [-0.39, 0.29) is 5.88 Å². The van der Waals surface area contributed by atoms with Gasteiger partial charge in [0.05, 0.1) is 5.92 Å². The lowest BCUT2D eigenvalue weighted by molar-refractivity contribution is -0.346. The largest absolute Gasteiger partial charge is 0.422 e. The molecule has 0 heterocycles. The number of alkyl halides is 4. The molecule has 0 amide bonds. The maximum absolute atomic E-state index is 13.1. The second-order valence-electron chi connectivity index (χ2n) is 3.00. The number of halogens is 4. The van der Waals surface area contributed by atoms with Crippen LogP contribution in [-0.4, -0.2) is 23.6 Å². The van der Waals surface area contributed by atoms with Crippen LogP contribution in [0.5, 0.6) is 0 Å². The van der Waals surface area contributed by atoms with Crippen LogP contribution in [0.1, 0.15) is 13.3 Å². The highest BCUT2D eigenvalue weighted by molar-refractivity contribution is 6.18. The fraction of sp³-hybridized carbons (Fsp3) is 0.857. The van der Waals surface area contributed by atoms with Gasteiger partial charge in [0.1, 0.15) is 0 Å². The smallest absolute Gasteiger partial charge is 0.320 e. The number of esters is 1. The lowest BCUT2D eigenvalue weighted by atomic mass is 9.76. The maximum atomic E-state index is 13.1. The highest BCUT2D eigenvalue weighted by atomic mass is 35.5. The molecule has 0 aromatic rings. The second-order valence-corrected chi connectivity index (χ2v) is 3.31. The van der Waals surface area contributed by atoms with Crippen molar-refractivity contribution in [1.29, 1.82) is 0 Å². The third kappa shape index (κ3) is 1.49. The highest BCUT2D eigenvalue weighted by Gasteiger charge is 2.72. The summed E-state index contributed by atoms with van der Waals surface area (Å²) in [6, 6.07) is 0. The molecular weight excluding hydrogens is 209 g/mol. The standard InChI is InChI=1S/C7H8ClF3O2/c1-4(12)13-6(9)2-5(3-8)7(6,10)11/h5H,2-3H2,1H3. The summed E-state index contributed by atoms with van der Waals surface area (Å²) in [7, 11) is 0. The van der Waals surface area contributed by atoms with Crippen molar-refractivity contribution in [3.8, 4) is 0 Å². The van der Waals surface area contributed by atoms with Gasteiger partial charge in [-0.25, -0.2) is 0 Å². The van der Waals surface area contributed by atoms with Crippen LogP contribution in [0.3, 0.4) is 0 Å². The Morgan fingerprint density at radius 2 is 2.15 bits per heavy atom. The minimum Gasteiger partial charge on any atom is -0.422 e. The molecule has 0 bridgehead atoms. The Labute approximate surface area is 78.0 Å². The van der Waals surface area contributed by atoms with Gasteiger partial charge >= 0.3 is 17.7 Å². The molecule has 2 nitrogen and oxygen atoms in total. The fourth-order valence-electron chi connectivity index (χ4n) is 1.24. The van der Waals surface area contributed by atoms with Gasteiger partial charge in [-0.05, 0) is 0 Å². The molecule has 1 fully saturated rings. The SMILES string of the molecule is CC(=O)OC1(F)CC(CCl)C1(F)F. The van der Waals surface area contributed by atoms with E-state index in [9.17, 15) is 18.0 Å². The van der Waals surface area contributed by atoms with Crippen molar-refractivity contribution in [2.75, 3.05) is 5.88 Å². The van der Waals surface area contributed by atoms with Gasteiger partial charge < -0.3 is 4.74 Å². The van der Waals surface area contributed by atoms with Crippen molar-refractivity contribution in [2.24, 2.45) is 5.92 Å². The summed E-state index contributed by atoms with van der Waals surface area (Å²) < 4.78 is 42.8. The predicted octanol–water partition coefficient (Wildman–Crippen LogP) is 2.11. The maximum Gasteiger partial charge on any atom is 0.320 e. The Morgan fingerprint density at radius 1 is 1.62 bits per heavy atom. The van der Waals surface area contributed by atoms with E-state index >= 15 is 0 Å². The normalized spacial score (nSPS) is 36.5. The van der Waals surface area contributed by atoms with Gasteiger partial charge in [0.25, 0.3) is 0 Å². The van der Waals surface area contributed by atoms with E-state index in [1.165, 1.54) is 0 Å². The van der Waals surface area contributed by atoms with Gasteiger partial charge in [0, 0.05) is 19.2 Å². The molecule has 0 saturated heterocycles. The zero-order valence-electron chi connectivity index (χ0n) is 6.82. The quantitative estimate of drug-likeness (QED) is 0.522. The first-order valence-corrected chi connectivity index (χ1v) is 4.19. The van der Waals surface area contributed by atoms with Crippen molar-refractivity contribution in [3.63, 3.8) is 0 Å². The van der Waals surface area contributed by atoms with Crippen molar-refractivity contribution >= 4 is 17.6 Å². The second kappa shape index (κ2) is 3.04. The molecule has 0 radical (unpaired) electrons. The minimum atomic E-state index is -3.67. The van der Waals surface area contributed by atoms with Crippen molar-refractivity contribution in [3.05, 3.63) is 0 Å². The van der Waals surface area contributed by atoms with Gasteiger partial charge in [-0.3, -0.25) is 4.79 Å². The highest BCUT2D eigenvalue weighted by Crippen LogP contribution is 2.55. The van der Waals surface area contributed by atoms with Crippen molar-refractivity contribution in [2.45, 2.75) is 25.1 Å². The van der Waals surface area contributed by atoms with Crippen molar-refractivity contribution < 1.29 is 22.7 Å². The summed E-state index contributed by atoms with van der Waals surface area (Å²) in [6.07, 6.45) is -0.539. The van der Waals surface area contributed by atoms with Crippen LogP contribution < -0.4 is 0 Å². The Morgan fingerprint density at radius 3 is 2.46 bits per heavy atom. The topological polar surface area (TPSA) is 26.3 Å². The molecule has 76 valence electrons. The minimum absolute atomic E-state index is 0.347. The summed E-state index contributed by atoms with van der Waals surface area (Å²) in [5, 5.41) is 0. The van der Waals surface area contributed by atoms with E-state index in [1.54, 1.807) is 0 Å². The average molecular weight is 217 g/mol. The first-order valence-electron chi connectivity index (χ1n) is 3.66. The molecule has 1 rings (SSSR count). The number of hydrogen-bond acceptors (Lipinski definition) is 2. The summed E-state index contributed by atoms with van der Waals surface area (Å²) in [4.78, 5) is 10.3. The van der Waals surface area contributed by atoms with E-state index in [1.807, 2.05) is 0 Å². The zero-order valence-corrected chi connectivity index (χ0v) is 7.58. The van der Waals surface area contributed by atoms with Crippen LogP contribution in [0.15, 0.2) is 0 Å². The van der Waals surface area contributed by atoms with Crippen LogP contribution in [0.25, 0.3) is 0 Å². The van der Waals surface area contributed by atoms with Gasteiger partial charge in [0.15, 0.2) is 0 Å². The summed E-state index contributed by atoms with van der Waals surface area (Å²) in [5.41, 5.74) is 0. The van der Waals surface area contributed by atoms with Gasteiger partial charge in [-0.1, -0.05) is 0 Å². The van der Waals surface area contributed by atoms with E-state index in [0.717, 1.165) is 6.92 Å². The summed E-state index contributed by atoms with van der Waals surface area (Å²) in [5.74, 6) is -9.48. The van der Waals surface area contributed by atoms with E-state index in [0.29, 0.717) is 0 Å². The number of carbonyl (C=O) groups excluding carboxylic acids is 1. The van der Waals surface area contributed by atoms with Crippen LogP contribution in [0, 0.1) is 5.92 Å². The van der Waals surface area contributed by atoms with Crippen LogP contribution in [0.2, 0.25) is 0 Å². The number of carbonyl (C=O) groups is 1. The van der Waals surface area contributed by atoms with Gasteiger partial charge in [-0.2, -0.15) is 13.2 Å². The first kappa shape index (κ1) is 10.6. The molecule has 1 saturated carbocycles. The Balaban J connectivity index is 2.69. The van der Waals surface area contributed by atoms with Gasteiger partial charge in [0.2, 0.25) is 0 Å². The third-order valence-corrected chi connectivity index (χ3v) is 2.38. The Kier molecular flexibility index (Phi) is 2.49. The monoisotopic (exact) mass is 216 g/mol. The molecule has 13 heavy (non-hydrogen) atoms. The molecule has 0 aromatic heterocycles. The average Bonchev–Trinajstić information content (AvgIpc) is 1.98. The summed E-state index contributed by atoms with van der Waals surface area (Å²) >= 11 is 5.16. The van der Waals surface area contributed by atoms with E-state index < -0.39 is 30.1 Å². The Hall–Kier alpha value is -0.450. The molecule has 0 N–H and O–H groups in total. The molecular formula is C7H8ClF3O2. The molecule has 1 aliphatic rings. The molecule has 2 unspecified atom stereocenters. The van der Waals surface area contributed by atoms with E-state index in [4.69, 9.17) is 11.6 Å². The lowest BCUT2D eigenvalue weighted by Crippen LogP contribution is -2.63. The van der Waals surface area contributed by atoms with Crippen LogP contribution in [-0.2, 0) is 9.53 Å². The van der Waals surface area contributed by atoms with Crippen molar-refractivity contribution in [1.82, 2.24) is 0 Å². The molecule has 0 aromatic carbocycles. The lowest BCUT2D eigenvalue weighted by Gasteiger charge is -2.46. The Bertz CT molecular complexity index is 234. The first-order chi connectivity index (χ1) is 5.83. The predicted molar refractivity (Wildman–Crippen MR) is 39.4 cm³/mol. The molecule has 1 aliphatic carbocycles.